The number of carbonyl (C=O) groups excluding carboxylic acids is 1. The van der Waals surface area contributed by atoms with Gasteiger partial charge in [-0.3, -0.25) is 4.79 Å². The summed E-state index contributed by atoms with van der Waals surface area (Å²) in [6.45, 7) is 4.18. The third kappa shape index (κ3) is 4.01. The molecule has 1 N–H and O–H groups in total. The third-order valence-corrected chi connectivity index (χ3v) is 4.01. The summed E-state index contributed by atoms with van der Waals surface area (Å²) in [6.07, 6.45) is 0.881. The van der Waals surface area contributed by atoms with Crippen molar-refractivity contribution >= 4 is 41.5 Å². The first kappa shape index (κ1) is 17.6. The topological polar surface area (TPSA) is 32.3 Å². The van der Waals surface area contributed by atoms with Crippen molar-refractivity contribution in [3.8, 4) is 0 Å². The molecule has 1 heterocycles. The van der Waals surface area contributed by atoms with E-state index in [1.807, 2.05) is 26.1 Å². The van der Waals surface area contributed by atoms with Crippen LogP contribution >= 0.6 is 35.6 Å². The largest absolute Gasteiger partial charge is 0.341 e. The second-order valence-corrected chi connectivity index (χ2v) is 6.30. The highest BCUT2D eigenvalue weighted by molar-refractivity contribution is 6.34. The van der Waals surface area contributed by atoms with E-state index in [0.29, 0.717) is 16.6 Å². The molecule has 1 aliphatic rings. The van der Waals surface area contributed by atoms with Gasteiger partial charge in [-0.05, 0) is 43.7 Å². The molecular formula is C14H19Cl3N2O. The Labute approximate surface area is 136 Å². The molecule has 2 rings (SSSR count). The van der Waals surface area contributed by atoms with Crippen LogP contribution in [0, 0.1) is 5.41 Å². The Morgan fingerprint density at radius 2 is 1.95 bits per heavy atom. The van der Waals surface area contributed by atoms with Crippen LogP contribution in [0.4, 0.5) is 0 Å². The van der Waals surface area contributed by atoms with Crippen LogP contribution in [0.2, 0.25) is 10.0 Å². The minimum atomic E-state index is -0.295. The number of halogens is 3. The van der Waals surface area contributed by atoms with Crippen molar-refractivity contribution in [1.29, 1.82) is 0 Å². The monoisotopic (exact) mass is 336 g/mol. The van der Waals surface area contributed by atoms with Crippen molar-refractivity contribution in [2.45, 2.75) is 19.9 Å². The molecule has 0 bridgehead atoms. The van der Waals surface area contributed by atoms with Crippen LogP contribution in [0.5, 0.6) is 0 Å². The van der Waals surface area contributed by atoms with Crippen LogP contribution in [0.15, 0.2) is 18.2 Å². The van der Waals surface area contributed by atoms with E-state index >= 15 is 0 Å². The lowest BCUT2D eigenvalue weighted by molar-refractivity contribution is -0.139. The van der Waals surface area contributed by atoms with E-state index in [4.69, 9.17) is 23.2 Å². The standard InChI is InChI=1S/C14H18Cl2N2O.ClH/c1-14(3-4-17-9-14)13(19)18(2)8-10-5-11(15)7-12(16)6-10;/h5-7,17H,3-4,8-9H2,1-2H3;1H. The van der Waals surface area contributed by atoms with Gasteiger partial charge in [-0.1, -0.05) is 23.2 Å². The molecule has 0 spiro atoms. The van der Waals surface area contributed by atoms with Crippen LogP contribution in [-0.2, 0) is 11.3 Å². The molecule has 3 nitrogen and oxygen atoms in total. The lowest BCUT2D eigenvalue weighted by Gasteiger charge is -2.28. The van der Waals surface area contributed by atoms with Gasteiger partial charge in [-0.25, -0.2) is 0 Å². The van der Waals surface area contributed by atoms with Gasteiger partial charge in [0.05, 0.1) is 5.41 Å². The number of rotatable bonds is 3. The fraction of sp³-hybridized carbons (Fsp3) is 0.500. The molecule has 0 saturated carbocycles. The van der Waals surface area contributed by atoms with Crippen molar-refractivity contribution in [2.75, 3.05) is 20.1 Å². The van der Waals surface area contributed by atoms with Crippen molar-refractivity contribution in [1.82, 2.24) is 10.2 Å². The number of benzene rings is 1. The summed E-state index contributed by atoms with van der Waals surface area (Å²) < 4.78 is 0. The van der Waals surface area contributed by atoms with E-state index in [2.05, 4.69) is 5.32 Å². The van der Waals surface area contributed by atoms with E-state index in [0.717, 1.165) is 25.1 Å². The zero-order valence-electron chi connectivity index (χ0n) is 11.6. The Morgan fingerprint density at radius 1 is 1.35 bits per heavy atom. The maximum absolute atomic E-state index is 12.5. The number of nitrogens with one attached hydrogen (secondary N) is 1. The number of hydrogen-bond donors (Lipinski definition) is 1. The first-order chi connectivity index (χ1) is 8.90. The Morgan fingerprint density at radius 3 is 2.45 bits per heavy atom. The summed E-state index contributed by atoms with van der Waals surface area (Å²) in [6, 6.07) is 5.37. The highest BCUT2D eigenvalue weighted by Crippen LogP contribution is 2.28. The second-order valence-electron chi connectivity index (χ2n) is 5.43. The zero-order chi connectivity index (χ0) is 14.0. The molecule has 1 aliphatic heterocycles. The van der Waals surface area contributed by atoms with Gasteiger partial charge in [0, 0.05) is 30.2 Å². The van der Waals surface area contributed by atoms with Gasteiger partial charge in [0.2, 0.25) is 5.91 Å². The predicted molar refractivity (Wildman–Crippen MR) is 85.8 cm³/mol. The second kappa shape index (κ2) is 6.99. The van der Waals surface area contributed by atoms with Gasteiger partial charge in [0.1, 0.15) is 0 Å². The van der Waals surface area contributed by atoms with Crippen LogP contribution in [0.1, 0.15) is 18.9 Å². The molecule has 1 aromatic carbocycles. The van der Waals surface area contributed by atoms with Gasteiger partial charge in [-0.15, -0.1) is 12.4 Å². The van der Waals surface area contributed by atoms with E-state index < -0.39 is 0 Å². The Balaban J connectivity index is 0.00000200. The highest BCUT2D eigenvalue weighted by Gasteiger charge is 2.38. The Hall–Kier alpha value is -0.480. The van der Waals surface area contributed by atoms with Gasteiger partial charge in [0.25, 0.3) is 0 Å². The molecule has 1 aromatic rings. The van der Waals surface area contributed by atoms with Crippen LogP contribution < -0.4 is 5.32 Å². The molecule has 1 atom stereocenters. The fourth-order valence-electron chi connectivity index (χ4n) is 2.51. The molecule has 0 aromatic heterocycles. The Kier molecular flexibility index (Phi) is 6.14. The third-order valence-electron chi connectivity index (χ3n) is 3.57. The first-order valence-electron chi connectivity index (χ1n) is 6.32. The maximum atomic E-state index is 12.5. The average molecular weight is 338 g/mol. The summed E-state index contributed by atoms with van der Waals surface area (Å²) in [5, 5.41) is 4.43. The predicted octanol–water partition coefficient (Wildman–Crippen LogP) is 3.37. The molecule has 112 valence electrons. The Bertz CT molecular complexity index is 467. The molecule has 20 heavy (non-hydrogen) atoms. The highest BCUT2D eigenvalue weighted by atomic mass is 35.5. The molecule has 0 aliphatic carbocycles. The normalized spacial score (nSPS) is 21.4. The molecular weight excluding hydrogens is 319 g/mol. The smallest absolute Gasteiger partial charge is 0.229 e. The quantitative estimate of drug-likeness (QED) is 0.917. The van der Waals surface area contributed by atoms with Crippen molar-refractivity contribution in [3.05, 3.63) is 33.8 Å². The van der Waals surface area contributed by atoms with E-state index in [9.17, 15) is 4.79 Å². The maximum Gasteiger partial charge on any atom is 0.229 e. The fourth-order valence-corrected chi connectivity index (χ4v) is 3.08. The van der Waals surface area contributed by atoms with Crippen molar-refractivity contribution in [3.63, 3.8) is 0 Å². The summed E-state index contributed by atoms with van der Waals surface area (Å²) in [5.41, 5.74) is 0.653. The van der Waals surface area contributed by atoms with Gasteiger partial charge < -0.3 is 10.2 Å². The van der Waals surface area contributed by atoms with E-state index in [1.165, 1.54) is 0 Å². The molecule has 1 unspecified atom stereocenters. The summed E-state index contributed by atoms with van der Waals surface area (Å²) in [4.78, 5) is 14.2. The van der Waals surface area contributed by atoms with Crippen LogP contribution in [0.3, 0.4) is 0 Å². The van der Waals surface area contributed by atoms with Crippen molar-refractivity contribution < 1.29 is 4.79 Å². The summed E-state index contributed by atoms with van der Waals surface area (Å²) in [5.74, 6) is 0.161. The first-order valence-corrected chi connectivity index (χ1v) is 7.07. The van der Waals surface area contributed by atoms with Crippen LogP contribution in [-0.4, -0.2) is 30.9 Å². The molecule has 1 amide bonds. The molecule has 1 fully saturated rings. The van der Waals surface area contributed by atoms with E-state index in [-0.39, 0.29) is 23.7 Å². The summed E-state index contributed by atoms with van der Waals surface area (Å²) in [7, 11) is 1.82. The molecule has 1 saturated heterocycles. The SMILES string of the molecule is CN(Cc1cc(Cl)cc(Cl)c1)C(=O)C1(C)CCNC1.Cl. The molecule has 0 radical (unpaired) electrons. The summed E-state index contributed by atoms with van der Waals surface area (Å²) >= 11 is 11.9. The van der Waals surface area contributed by atoms with Gasteiger partial charge >= 0.3 is 0 Å². The number of carbonyl (C=O) groups is 1. The number of hydrogen-bond acceptors (Lipinski definition) is 2. The minimum absolute atomic E-state index is 0. The van der Waals surface area contributed by atoms with Gasteiger partial charge in [-0.2, -0.15) is 0 Å². The van der Waals surface area contributed by atoms with Crippen molar-refractivity contribution in [2.24, 2.45) is 5.41 Å². The van der Waals surface area contributed by atoms with Crippen LogP contribution in [0.25, 0.3) is 0 Å². The van der Waals surface area contributed by atoms with Gasteiger partial charge in [0.15, 0.2) is 0 Å². The average Bonchev–Trinajstić information content (AvgIpc) is 2.75. The number of amides is 1. The van der Waals surface area contributed by atoms with E-state index in [1.54, 1.807) is 11.0 Å². The lowest BCUT2D eigenvalue weighted by Crippen LogP contribution is -2.41. The zero-order valence-corrected chi connectivity index (χ0v) is 13.9. The molecule has 6 heteroatoms. The number of nitrogens with zero attached hydrogens (tertiary/aromatic N) is 1. The minimum Gasteiger partial charge on any atom is -0.341 e. The lowest BCUT2D eigenvalue weighted by atomic mass is 9.88.